The maximum atomic E-state index is 12.8. The molecule has 0 aromatic carbocycles. The highest BCUT2D eigenvalue weighted by Gasteiger charge is 2.38. The quantitative estimate of drug-likeness (QED) is 0.790. The maximum Gasteiger partial charge on any atom is 0.425 e. The van der Waals surface area contributed by atoms with Crippen molar-refractivity contribution in [3.8, 4) is 0 Å². The van der Waals surface area contributed by atoms with Crippen LogP contribution in [-0.2, 0) is 11.0 Å². The molecule has 2 nitrogen and oxygen atoms in total. The zero-order chi connectivity index (χ0) is 10.9. The van der Waals surface area contributed by atoms with E-state index in [9.17, 15) is 22.4 Å². The van der Waals surface area contributed by atoms with Crippen molar-refractivity contribution in [2.75, 3.05) is 0 Å². The Balaban J connectivity index is 3.11. The molecule has 14 heavy (non-hydrogen) atoms. The lowest BCUT2D eigenvalue weighted by Crippen LogP contribution is -2.12. The van der Waals surface area contributed by atoms with Crippen molar-refractivity contribution < 1.29 is 27.5 Å². The van der Waals surface area contributed by atoms with Crippen LogP contribution in [-0.4, -0.2) is 11.1 Å². The summed E-state index contributed by atoms with van der Waals surface area (Å²) in [5.41, 5.74) is -0.838. The van der Waals surface area contributed by atoms with Gasteiger partial charge in [-0.15, -0.1) is 11.3 Å². The number of carboxylic acids is 1. The molecule has 0 saturated carbocycles. The Kier molecular flexibility index (Phi) is 2.79. The number of rotatable bonds is 2. The summed E-state index contributed by atoms with van der Waals surface area (Å²) in [6, 6.07) is 0.826. The summed E-state index contributed by atoms with van der Waals surface area (Å²) in [7, 11) is 0. The second kappa shape index (κ2) is 3.56. The van der Waals surface area contributed by atoms with Crippen molar-refractivity contribution in [1.29, 1.82) is 0 Å². The Labute approximate surface area is 79.8 Å². The zero-order valence-corrected chi connectivity index (χ0v) is 7.32. The molecule has 0 bridgehead atoms. The van der Waals surface area contributed by atoms with Crippen LogP contribution in [0.2, 0.25) is 0 Å². The molecule has 1 atom stereocenters. The minimum atomic E-state index is -4.71. The van der Waals surface area contributed by atoms with Gasteiger partial charge in [-0.2, -0.15) is 13.2 Å². The van der Waals surface area contributed by atoms with E-state index in [-0.39, 0.29) is 11.3 Å². The monoisotopic (exact) mass is 228 g/mol. The Morgan fingerprint density at radius 3 is 2.50 bits per heavy atom. The van der Waals surface area contributed by atoms with Gasteiger partial charge in [-0.25, -0.2) is 9.18 Å². The van der Waals surface area contributed by atoms with Gasteiger partial charge in [0, 0.05) is 5.56 Å². The average Bonchev–Trinajstić information content (AvgIpc) is 2.48. The van der Waals surface area contributed by atoms with Gasteiger partial charge in [-0.1, -0.05) is 0 Å². The second-order valence-corrected chi connectivity index (χ2v) is 3.32. The summed E-state index contributed by atoms with van der Waals surface area (Å²) in [5.74, 6) is -1.92. The van der Waals surface area contributed by atoms with Crippen LogP contribution in [0.1, 0.15) is 16.6 Å². The van der Waals surface area contributed by atoms with Crippen LogP contribution >= 0.6 is 11.3 Å². The van der Waals surface area contributed by atoms with E-state index >= 15 is 0 Å². The molecule has 1 N–H and O–H groups in total. The molecule has 1 aromatic heterocycles. The van der Waals surface area contributed by atoms with Crippen LogP contribution in [0.5, 0.6) is 0 Å². The molecule has 1 heterocycles. The Hall–Kier alpha value is -1.11. The Morgan fingerprint density at radius 1 is 1.50 bits per heavy atom. The standard InChI is InChI=1S/C7H4F4O2S/c8-4(6(12)13)3-1-2-14-5(3)7(9,10)11/h1-2,4H,(H,12,13). The predicted octanol–water partition coefficient (Wildman–Crippen LogP) is 2.86. The summed E-state index contributed by atoms with van der Waals surface area (Å²) in [4.78, 5) is 8.94. The molecule has 0 radical (unpaired) electrons. The molecule has 0 fully saturated rings. The van der Waals surface area contributed by atoms with Crippen molar-refractivity contribution in [2.24, 2.45) is 0 Å². The van der Waals surface area contributed by atoms with Crippen LogP contribution in [0.3, 0.4) is 0 Å². The van der Waals surface area contributed by atoms with Gasteiger partial charge in [-0.3, -0.25) is 0 Å². The summed E-state index contributed by atoms with van der Waals surface area (Å²) < 4.78 is 49.3. The Bertz CT molecular complexity index is 344. The average molecular weight is 228 g/mol. The van der Waals surface area contributed by atoms with E-state index in [1.54, 1.807) is 0 Å². The number of halogens is 4. The summed E-state index contributed by atoms with van der Waals surface area (Å²) in [6.45, 7) is 0. The molecular weight excluding hydrogens is 224 g/mol. The molecule has 1 rings (SSSR count). The highest BCUT2D eigenvalue weighted by atomic mass is 32.1. The highest BCUT2D eigenvalue weighted by molar-refractivity contribution is 7.10. The van der Waals surface area contributed by atoms with Gasteiger partial charge < -0.3 is 5.11 Å². The minimum Gasteiger partial charge on any atom is -0.479 e. The molecule has 0 aliphatic rings. The third kappa shape index (κ3) is 2.03. The van der Waals surface area contributed by atoms with E-state index in [1.165, 1.54) is 0 Å². The first-order valence-corrected chi connectivity index (χ1v) is 4.23. The molecular formula is C7H4F4O2S. The normalized spacial score (nSPS) is 14.0. The lowest BCUT2D eigenvalue weighted by Gasteiger charge is -2.08. The lowest BCUT2D eigenvalue weighted by molar-refractivity contribution is -0.144. The highest BCUT2D eigenvalue weighted by Crippen LogP contribution is 2.39. The van der Waals surface area contributed by atoms with Gasteiger partial charge >= 0.3 is 12.1 Å². The predicted molar refractivity (Wildman–Crippen MR) is 40.8 cm³/mol. The summed E-state index contributed by atoms with van der Waals surface area (Å²) in [6.07, 6.45) is -7.33. The third-order valence-corrected chi connectivity index (χ3v) is 2.42. The number of carboxylic acid groups (broad SMARTS) is 1. The molecule has 0 amide bonds. The maximum absolute atomic E-state index is 12.8. The first-order chi connectivity index (χ1) is 6.34. The zero-order valence-electron chi connectivity index (χ0n) is 6.51. The van der Waals surface area contributed by atoms with Gasteiger partial charge in [-0.05, 0) is 11.4 Å². The summed E-state index contributed by atoms with van der Waals surface area (Å²) >= 11 is 0.274. The van der Waals surface area contributed by atoms with E-state index in [0.717, 1.165) is 11.4 Å². The SMILES string of the molecule is O=C(O)C(F)c1ccsc1C(F)(F)F. The van der Waals surface area contributed by atoms with Gasteiger partial charge in [0.1, 0.15) is 4.88 Å². The van der Waals surface area contributed by atoms with Crippen molar-refractivity contribution in [3.63, 3.8) is 0 Å². The van der Waals surface area contributed by atoms with Crippen molar-refractivity contribution in [3.05, 3.63) is 21.9 Å². The van der Waals surface area contributed by atoms with Crippen LogP contribution in [0.25, 0.3) is 0 Å². The fraction of sp³-hybridized carbons (Fsp3) is 0.286. The number of hydrogen-bond donors (Lipinski definition) is 1. The van der Waals surface area contributed by atoms with Gasteiger partial charge in [0.05, 0.1) is 0 Å². The van der Waals surface area contributed by atoms with Crippen molar-refractivity contribution in [1.82, 2.24) is 0 Å². The number of thiophene rings is 1. The molecule has 0 aliphatic carbocycles. The van der Waals surface area contributed by atoms with Crippen molar-refractivity contribution in [2.45, 2.75) is 12.3 Å². The number of alkyl halides is 4. The van der Waals surface area contributed by atoms with Gasteiger partial charge in [0.15, 0.2) is 0 Å². The van der Waals surface area contributed by atoms with E-state index in [1.807, 2.05) is 0 Å². The van der Waals surface area contributed by atoms with E-state index < -0.39 is 28.8 Å². The number of hydrogen-bond acceptors (Lipinski definition) is 2. The molecule has 0 saturated heterocycles. The Morgan fingerprint density at radius 2 is 2.07 bits per heavy atom. The molecule has 1 aromatic rings. The smallest absolute Gasteiger partial charge is 0.425 e. The van der Waals surface area contributed by atoms with Crippen LogP contribution in [0, 0.1) is 0 Å². The largest absolute Gasteiger partial charge is 0.479 e. The molecule has 0 aliphatic heterocycles. The van der Waals surface area contributed by atoms with E-state index in [0.29, 0.717) is 0 Å². The van der Waals surface area contributed by atoms with Crippen LogP contribution < -0.4 is 0 Å². The molecule has 1 unspecified atom stereocenters. The lowest BCUT2D eigenvalue weighted by atomic mass is 10.1. The van der Waals surface area contributed by atoms with Gasteiger partial charge in [0.2, 0.25) is 6.17 Å². The minimum absolute atomic E-state index is 0.274. The number of carbonyl (C=O) groups is 1. The fourth-order valence-electron chi connectivity index (χ4n) is 0.882. The van der Waals surface area contributed by atoms with E-state index in [2.05, 4.69) is 0 Å². The first-order valence-electron chi connectivity index (χ1n) is 3.35. The molecule has 78 valence electrons. The first kappa shape index (κ1) is 11.0. The fourth-order valence-corrected chi connectivity index (χ4v) is 1.67. The topological polar surface area (TPSA) is 37.3 Å². The third-order valence-electron chi connectivity index (χ3n) is 1.44. The van der Waals surface area contributed by atoms with E-state index in [4.69, 9.17) is 5.11 Å². The van der Waals surface area contributed by atoms with Crippen molar-refractivity contribution >= 4 is 17.3 Å². The van der Waals surface area contributed by atoms with Gasteiger partial charge in [0.25, 0.3) is 0 Å². The molecule has 7 heteroatoms. The number of aliphatic carboxylic acids is 1. The van der Waals surface area contributed by atoms with Crippen LogP contribution in [0.15, 0.2) is 11.4 Å². The second-order valence-electron chi connectivity index (χ2n) is 2.40. The molecule has 0 spiro atoms. The van der Waals surface area contributed by atoms with Crippen LogP contribution in [0.4, 0.5) is 17.6 Å². The summed E-state index contributed by atoms with van der Waals surface area (Å²) in [5, 5.41) is 9.21.